The van der Waals surface area contributed by atoms with Gasteiger partial charge in [0.1, 0.15) is 0 Å². The average Bonchev–Trinajstić information content (AvgIpc) is 2.54. The fourth-order valence-corrected chi connectivity index (χ4v) is 2.89. The monoisotopic (exact) mass is 325 g/mol. The number of pyridine rings is 1. The SMILES string of the molecule is CC(C)C(O)c1nc2cc(Cl)ccc2cc1Cc1ccccc1. The molecule has 3 rings (SSSR count). The van der Waals surface area contributed by atoms with E-state index in [2.05, 4.69) is 18.2 Å². The second-order valence-electron chi connectivity index (χ2n) is 6.22. The van der Waals surface area contributed by atoms with Gasteiger partial charge in [-0.25, -0.2) is 4.98 Å². The Morgan fingerprint density at radius 2 is 1.78 bits per heavy atom. The number of hydrogen-bond acceptors (Lipinski definition) is 2. The van der Waals surface area contributed by atoms with Crippen LogP contribution >= 0.6 is 11.6 Å². The van der Waals surface area contributed by atoms with Crippen molar-refractivity contribution in [3.63, 3.8) is 0 Å². The fraction of sp³-hybridized carbons (Fsp3) is 0.250. The van der Waals surface area contributed by atoms with Gasteiger partial charge in [0.2, 0.25) is 0 Å². The maximum Gasteiger partial charge on any atom is 0.0985 e. The van der Waals surface area contributed by atoms with E-state index in [0.29, 0.717) is 5.02 Å². The van der Waals surface area contributed by atoms with E-state index in [0.717, 1.165) is 28.6 Å². The molecule has 1 heterocycles. The third kappa shape index (κ3) is 3.54. The molecule has 0 aliphatic rings. The van der Waals surface area contributed by atoms with Gasteiger partial charge in [0.05, 0.1) is 17.3 Å². The summed E-state index contributed by atoms with van der Waals surface area (Å²) in [4.78, 5) is 4.72. The van der Waals surface area contributed by atoms with Crippen LogP contribution in [0.5, 0.6) is 0 Å². The molecule has 3 heteroatoms. The fourth-order valence-electron chi connectivity index (χ4n) is 2.73. The molecule has 0 saturated carbocycles. The number of fused-ring (bicyclic) bond motifs is 1. The summed E-state index contributed by atoms with van der Waals surface area (Å²) in [7, 11) is 0. The highest BCUT2D eigenvalue weighted by atomic mass is 35.5. The van der Waals surface area contributed by atoms with Crippen molar-refractivity contribution >= 4 is 22.5 Å². The summed E-state index contributed by atoms with van der Waals surface area (Å²) in [6.07, 6.45) is 0.169. The molecule has 23 heavy (non-hydrogen) atoms. The van der Waals surface area contributed by atoms with Gasteiger partial charge in [-0.3, -0.25) is 0 Å². The number of aromatic nitrogens is 1. The Bertz CT molecular complexity index is 814. The van der Waals surface area contributed by atoms with Crippen LogP contribution in [0.2, 0.25) is 5.02 Å². The predicted molar refractivity (Wildman–Crippen MR) is 95.8 cm³/mol. The molecule has 1 unspecified atom stereocenters. The lowest BCUT2D eigenvalue weighted by Gasteiger charge is -2.19. The van der Waals surface area contributed by atoms with Gasteiger partial charge in [-0.1, -0.05) is 61.8 Å². The Hall–Kier alpha value is -1.90. The standard InChI is InChI=1S/C20H20ClNO/c1-13(2)20(23)19-16(10-14-6-4-3-5-7-14)11-15-8-9-17(21)12-18(15)22-19/h3-9,11-13,20,23H,10H2,1-2H3. The van der Waals surface area contributed by atoms with E-state index < -0.39 is 6.10 Å². The van der Waals surface area contributed by atoms with Gasteiger partial charge >= 0.3 is 0 Å². The zero-order valence-corrected chi connectivity index (χ0v) is 14.1. The van der Waals surface area contributed by atoms with Gasteiger partial charge < -0.3 is 5.11 Å². The molecule has 0 spiro atoms. The van der Waals surface area contributed by atoms with Crippen molar-refractivity contribution in [1.82, 2.24) is 4.98 Å². The summed E-state index contributed by atoms with van der Waals surface area (Å²) in [5.74, 6) is 0.105. The number of hydrogen-bond donors (Lipinski definition) is 1. The van der Waals surface area contributed by atoms with Crippen molar-refractivity contribution in [2.75, 3.05) is 0 Å². The Morgan fingerprint density at radius 1 is 1.04 bits per heavy atom. The number of aliphatic hydroxyl groups is 1. The van der Waals surface area contributed by atoms with Gasteiger partial charge in [0, 0.05) is 10.4 Å². The Balaban J connectivity index is 2.13. The van der Waals surface area contributed by atoms with Crippen molar-refractivity contribution in [1.29, 1.82) is 0 Å². The van der Waals surface area contributed by atoms with Crippen LogP contribution in [-0.4, -0.2) is 10.1 Å². The molecule has 0 amide bonds. The van der Waals surface area contributed by atoms with Crippen molar-refractivity contribution in [2.45, 2.75) is 26.4 Å². The highest BCUT2D eigenvalue weighted by molar-refractivity contribution is 6.31. The van der Waals surface area contributed by atoms with E-state index >= 15 is 0 Å². The van der Waals surface area contributed by atoms with Gasteiger partial charge in [-0.15, -0.1) is 0 Å². The summed E-state index contributed by atoms with van der Waals surface area (Å²) in [6.45, 7) is 4.00. The molecular formula is C20H20ClNO. The topological polar surface area (TPSA) is 33.1 Å². The molecule has 0 aliphatic carbocycles. The number of rotatable bonds is 4. The molecule has 0 bridgehead atoms. The first-order valence-corrected chi connectivity index (χ1v) is 8.23. The molecule has 118 valence electrons. The number of halogens is 1. The van der Waals surface area contributed by atoms with Gasteiger partial charge in [-0.05, 0) is 41.7 Å². The molecule has 0 aliphatic heterocycles. The zero-order valence-electron chi connectivity index (χ0n) is 13.3. The molecule has 0 radical (unpaired) electrons. The van der Waals surface area contributed by atoms with Crippen molar-refractivity contribution in [3.05, 3.63) is 76.4 Å². The average molecular weight is 326 g/mol. The Kier molecular flexibility index (Phi) is 4.65. The van der Waals surface area contributed by atoms with Crippen LogP contribution in [0.4, 0.5) is 0 Å². The molecule has 2 aromatic carbocycles. The summed E-state index contributed by atoms with van der Waals surface area (Å²) in [6, 6.07) is 18.1. The third-order valence-corrected chi connectivity index (χ3v) is 4.28. The summed E-state index contributed by atoms with van der Waals surface area (Å²) in [5.41, 5.74) is 3.84. The summed E-state index contributed by atoms with van der Waals surface area (Å²) >= 11 is 6.08. The van der Waals surface area contributed by atoms with Crippen LogP contribution in [-0.2, 0) is 6.42 Å². The molecule has 1 atom stereocenters. The van der Waals surface area contributed by atoms with Crippen molar-refractivity contribution in [3.8, 4) is 0 Å². The first-order valence-electron chi connectivity index (χ1n) is 7.85. The van der Waals surface area contributed by atoms with E-state index in [1.807, 2.05) is 50.2 Å². The van der Waals surface area contributed by atoms with Crippen LogP contribution in [0, 0.1) is 5.92 Å². The van der Waals surface area contributed by atoms with Crippen LogP contribution in [0.1, 0.15) is 36.8 Å². The largest absolute Gasteiger partial charge is 0.387 e. The molecule has 3 aromatic rings. The summed E-state index contributed by atoms with van der Waals surface area (Å²) in [5, 5.41) is 12.3. The van der Waals surface area contributed by atoms with E-state index in [4.69, 9.17) is 16.6 Å². The van der Waals surface area contributed by atoms with E-state index in [1.165, 1.54) is 5.56 Å². The van der Waals surface area contributed by atoms with Crippen molar-refractivity contribution in [2.24, 2.45) is 5.92 Å². The quantitative estimate of drug-likeness (QED) is 0.718. The van der Waals surface area contributed by atoms with Gasteiger partial charge in [0.15, 0.2) is 0 Å². The van der Waals surface area contributed by atoms with Crippen LogP contribution < -0.4 is 0 Å². The minimum atomic E-state index is -0.586. The number of benzene rings is 2. The predicted octanol–water partition coefficient (Wildman–Crippen LogP) is 5.17. The minimum Gasteiger partial charge on any atom is -0.387 e. The summed E-state index contributed by atoms with van der Waals surface area (Å²) < 4.78 is 0. The third-order valence-electron chi connectivity index (χ3n) is 4.04. The van der Waals surface area contributed by atoms with E-state index in [-0.39, 0.29) is 5.92 Å². The second kappa shape index (κ2) is 6.69. The number of nitrogens with zero attached hydrogens (tertiary/aromatic N) is 1. The lowest BCUT2D eigenvalue weighted by atomic mass is 9.94. The first-order chi connectivity index (χ1) is 11.0. The molecule has 0 fully saturated rings. The molecule has 1 aromatic heterocycles. The Labute approximate surface area is 141 Å². The van der Waals surface area contributed by atoms with E-state index in [1.54, 1.807) is 0 Å². The molecule has 2 nitrogen and oxygen atoms in total. The first kappa shape index (κ1) is 16.0. The lowest BCUT2D eigenvalue weighted by Crippen LogP contribution is -2.11. The zero-order chi connectivity index (χ0) is 16.4. The maximum absolute atomic E-state index is 10.6. The van der Waals surface area contributed by atoms with E-state index in [9.17, 15) is 5.11 Å². The van der Waals surface area contributed by atoms with Gasteiger partial charge in [-0.2, -0.15) is 0 Å². The Morgan fingerprint density at radius 3 is 2.48 bits per heavy atom. The van der Waals surface area contributed by atoms with Gasteiger partial charge in [0.25, 0.3) is 0 Å². The highest BCUT2D eigenvalue weighted by Gasteiger charge is 2.19. The van der Waals surface area contributed by atoms with Crippen molar-refractivity contribution < 1.29 is 5.11 Å². The normalized spacial score (nSPS) is 12.7. The lowest BCUT2D eigenvalue weighted by molar-refractivity contribution is 0.122. The molecule has 1 N–H and O–H groups in total. The smallest absolute Gasteiger partial charge is 0.0985 e. The van der Waals surface area contributed by atoms with Crippen LogP contribution in [0.25, 0.3) is 10.9 Å². The van der Waals surface area contributed by atoms with Crippen LogP contribution in [0.3, 0.4) is 0 Å². The maximum atomic E-state index is 10.6. The highest BCUT2D eigenvalue weighted by Crippen LogP contribution is 2.29. The molecule has 0 saturated heterocycles. The van der Waals surface area contributed by atoms with Crippen LogP contribution in [0.15, 0.2) is 54.6 Å². The number of aliphatic hydroxyl groups excluding tert-OH is 1. The minimum absolute atomic E-state index is 0.105. The second-order valence-corrected chi connectivity index (χ2v) is 6.66. The molecular weight excluding hydrogens is 306 g/mol.